The van der Waals surface area contributed by atoms with Crippen LogP contribution in [0.2, 0.25) is 0 Å². The van der Waals surface area contributed by atoms with Gasteiger partial charge in [-0.15, -0.1) is 0 Å². The summed E-state index contributed by atoms with van der Waals surface area (Å²) in [6.07, 6.45) is 0.959. The Morgan fingerprint density at radius 2 is 2.24 bits per heavy atom. The van der Waals surface area contributed by atoms with Gasteiger partial charge >= 0.3 is 0 Å². The summed E-state index contributed by atoms with van der Waals surface area (Å²) in [5.74, 6) is 0.336. The summed E-state index contributed by atoms with van der Waals surface area (Å²) in [5.41, 5.74) is 6.56. The van der Waals surface area contributed by atoms with Gasteiger partial charge in [0.15, 0.2) is 5.96 Å². The van der Waals surface area contributed by atoms with E-state index in [4.69, 9.17) is 5.73 Å². The molecule has 2 atom stereocenters. The van der Waals surface area contributed by atoms with Crippen LogP contribution in [0.25, 0.3) is 0 Å². The average molecular weight is 235 g/mol. The normalized spacial score (nSPS) is 21.5. The van der Waals surface area contributed by atoms with Crippen molar-refractivity contribution in [1.29, 1.82) is 0 Å². The first-order chi connectivity index (χ1) is 8.15. The van der Waals surface area contributed by atoms with Gasteiger partial charge in [-0.1, -0.05) is 25.1 Å². The van der Waals surface area contributed by atoms with Crippen LogP contribution >= 0.6 is 0 Å². The maximum Gasteiger partial charge on any atom is 0.192 e. The second kappa shape index (κ2) is 4.73. The van der Waals surface area contributed by atoms with Gasteiger partial charge in [-0.25, -0.2) is 4.39 Å². The van der Waals surface area contributed by atoms with Gasteiger partial charge in [-0.3, -0.25) is 4.99 Å². The molecule has 2 unspecified atom stereocenters. The molecule has 2 N–H and O–H groups in total. The van der Waals surface area contributed by atoms with E-state index >= 15 is 0 Å². The topological polar surface area (TPSA) is 41.6 Å². The fourth-order valence-corrected chi connectivity index (χ4v) is 2.23. The lowest BCUT2D eigenvalue weighted by Gasteiger charge is -2.32. The number of rotatable bonds is 3. The minimum Gasteiger partial charge on any atom is -0.370 e. The van der Waals surface area contributed by atoms with Gasteiger partial charge in [0.2, 0.25) is 0 Å². The fourth-order valence-electron chi connectivity index (χ4n) is 2.23. The molecule has 1 aliphatic rings. The molecule has 0 bridgehead atoms. The summed E-state index contributed by atoms with van der Waals surface area (Å²) >= 11 is 0. The third-order valence-corrected chi connectivity index (χ3v) is 3.36. The zero-order valence-electron chi connectivity index (χ0n) is 10.2. The third kappa shape index (κ3) is 2.12. The standard InChI is InChI=1S/C13H18FN3/c1-3-9(2)17-12(8-16-13(17)15)10-6-4-5-7-11(10)14/h4-7,9,12H,3,8H2,1-2H3,(H2,15,16). The summed E-state index contributed by atoms with van der Waals surface area (Å²) in [6.45, 7) is 4.72. The number of hydrogen-bond acceptors (Lipinski definition) is 3. The first-order valence-electron chi connectivity index (χ1n) is 5.97. The highest BCUT2D eigenvalue weighted by molar-refractivity contribution is 5.80. The summed E-state index contributed by atoms with van der Waals surface area (Å²) < 4.78 is 13.8. The van der Waals surface area contributed by atoms with E-state index in [2.05, 4.69) is 18.8 Å². The second-order valence-electron chi connectivity index (χ2n) is 4.40. The van der Waals surface area contributed by atoms with E-state index in [1.54, 1.807) is 6.07 Å². The maximum absolute atomic E-state index is 13.8. The van der Waals surface area contributed by atoms with Crippen LogP contribution in [0.15, 0.2) is 29.3 Å². The van der Waals surface area contributed by atoms with Crippen LogP contribution in [0.1, 0.15) is 31.9 Å². The number of nitrogens with zero attached hydrogens (tertiary/aromatic N) is 2. The Balaban J connectivity index is 2.31. The van der Waals surface area contributed by atoms with E-state index in [1.165, 1.54) is 6.07 Å². The molecule has 0 saturated carbocycles. The quantitative estimate of drug-likeness (QED) is 0.873. The van der Waals surface area contributed by atoms with Gasteiger partial charge in [-0.05, 0) is 19.4 Å². The summed E-state index contributed by atoms with van der Waals surface area (Å²) in [6, 6.07) is 7.05. The van der Waals surface area contributed by atoms with Crippen molar-refractivity contribution >= 4 is 5.96 Å². The van der Waals surface area contributed by atoms with Gasteiger partial charge in [0.1, 0.15) is 5.82 Å². The molecular formula is C13H18FN3. The molecule has 17 heavy (non-hydrogen) atoms. The lowest BCUT2D eigenvalue weighted by Crippen LogP contribution is -2.42. The highest BCUT2D eigenvalue weighted by Gasteiger charge is 2.31. The molecule has 2 rings (SSSR count). The van der Waals surface area contributed by atoms with E-state index in [1.807, 2.05) is 17.0 Å². The third-order valence-electron chi connectivity index (χ3n) is 3.36. The van der Waals surface area contributed by atoms with Gasteiger partial charge in [0.05, 0.1) is 12.6 Å². The summed E-state index contributed by atoms with van der Waals surface area (Å²) in [5, 5.41) is 0. The molecule has 0 spiro atoms. The highest BCUT2D eigenvalue weighted by Crippen LogP contribution is 2.29. The monoisotopic (exact) mass is 235 g/mol. The van der Waals surface area contributed by atoms with E-state index in [0.717, 1.165) is 6.42 Å². The van der Waals surface area contributed by atoms with Crippen LogP contribution in [-0.2, 0) is 0 Å². The Morgan fingerprint density at radius 1 is 1.53 bits per heavy atom. The average Bonchev–Trinajstić information content (AvgIpc) is 2.71. The van der Waals surface area contributed by atoms with Crippen LogP contribution in [-0.4, -0.2) is 23.4 Å². The second-order valence-corrected chi connectivity index (χ2v) is 4.40. The van der Waals surface area contributed by atoms with E-state index in [9.17, 15) is 4.39 Å². The Kier molecular flexibility index (Phi) is 3.31. The number of guanidine groups is 1. The molecule has 1 aliphatic heterocycles. The Bertz CT molecular complexity index is 430. The van der Waals surface area contributed by atoms with E-state index < -0.39 is 0 Å². The van der Waals surface area contributed by atoms with Crippen molar-refractivity contribution in [3.8, 4) is 0 Å². The van der Waals surface area contributed by atoms with Crippen molar-refractivity contribution in [3.05, 3.63) is 35.6 Å². The first kappa shape index (κ1) is 11.9. The fraction of sp³-hybridized carbons (Fsp3) is 0.462. The van der Waals surface area contributed by atoms with Crippen molar-refractivity contribution in [2.45, 2.75) is 32.4 Å². The van der Waals surface area contributed by atoms with Crippen molar-refractivity contribution < 1.29 is 4.39 Å². The van der Waals surface area contributed by atoms with Crippen molar-refractivity contribution in [1.82, 2.24) is 4.90 Å². The lowest BCUT2D eigenvalue weighted by atomic mass is 10.0. The van der Waals surface area contributed by atoms with Crippen LogP contribution < -0.4 is 5.73 Å². The molecule has 0 aromatic heterocycles. The Morgan fingerprint density at radius 3 is 2.88 bits per heavy atom. The largest absolute Gasteiger partial charge is 0.370 e. The molecule has 0 amide bonds. The molecule has 92 valence electrons. The minimum absolute atomic E-state index is 0.0638. The van der Waals surface area contributed by atoms with Crippen LogP contribution in [0, 0.1) is 5.82 Å². The number of halogens is 1. The summed E-state index contributed by atoms with van der Waals surface area (Å²) in [7, 11) is 0. The molecule has 0 aliphatic carbocycles. The number of nitrogens with two attached hydrogens (primary N) is 1. The van der Waals surface area contributed by atoms with Gasteiger partial charge < -0.3 is 10.6 Å². The zero-order chi connectivity index (χ0) is 12.4. The maximum atomic E-state index is 13.8. The van der Waals surface area contributed by atoms with E-state index in [-0.39, 0.29) is 17.9 Å². The van der Waals surface area contributed by atoms with Crippen LogP contribution in [0.3, 0.4) is 0 Å². The van der Waals surface area contributed by atoms with Gasteiger partial charge in [0.25, 0.3) is 0 Å². The highest BCUT2D eigenvalue weighted by atomic mass is 19.1. The minimum atomic E-state index is -0.185. The van der Waals surface area contributed by atoms with Gasteiger partial charge in [-0.2, -0.15) is 0 Å². The molecule has 4 heteroatoms. The van der Waals surface area contributed by atoms with Crippen molar-refractivity contribution in [2.24, 2.45) is 10.7 Å². The molecule has 0 saturated heterocycles. The van der Waals surface area contributed by atoms with Crippen molar-refractivity contribution in [2.75, 3.05) is 6.54 Å². The molecule has 3 nitrogen and oxygen atoms in total. The predicted octanol–water partition coefficient (Wildman–Crippen LogP) is 2.30. The van der Waals surface area contributed by atoms with E-state index in [0.29, 0.717) is 18.1 Å². The SMILES string of the molecule is CCC(C)N1C(N)=NCC1c1ccccc1F. The zero-order valence-corrected chi connectivity index (χ0v) is 10.2. The first-order valence-corrected chi connectivity index (χ1v) is 5.97. The summed E-state index contributed by atoms with van der Waals surface area (Å²) in [4.78, 5) is 6.25. The molecular weight excluding hydrogens is 217 g/mol. The molecule has 1 heterocycles. The Labute approximate surface area is 101 Å². The predicted molar refractivity (Wildman–Crippen MR) is 67.2 cm³/mol. The molecule has 1 aromatic rings. The smallest absolute Gasteiger partial charge is 0.192 e. The Hall–Kier alpha value is -1.58. The lowest BCUT2D eigenvalue weighted by molar-refractivity contribution is 0.263. The molecule has 0 fully saturated rings. The molecule has 1 aromatic carbocycles. The number of benzene rings is 1. The number of hydrogen-bond donors (Lipinski definition) is 1. The molecule has 0 radical (unpaired) electrons. The number of aliphatic imine (C=N–C) groups is 1. The van der Waals surface area contributed by atoms with Crippen LogP contribution in [0.4, 0.5) is 4.39 Å². The van der Waals surface area contributed by atoms with Gasteiger partial charge in [0, 0.05) is 11.6 Å². The van der Waals surface area contributed by atoms with Crippen LogP contribution in [0.5, 0.6) is 0 Å². The van der Waals surface area contributed by atoms with Crippen molar-refractivity contribution in [3.63, 3.8) is 0 Å².